The highest BCUT2D eigenvalue weighted by molar-refractivity contribution is 7.91. The smallest absolute Gasteiger partial charge is 0.152 e. The summed E-state index contributed by atoms with van der Waals surface area (Å²) in [7, 11) is -2.88. The van der Waals surface area contributed by atoms with Crippen molar-refractivity contribution >= 4 is 21.4 Å². The second-order valence-electron chi connectivity index (χ2n) is 4.00. The zero-order valence-corrected chi connectivity index (χ0v) is 10.3. The standard InChI is InChI=1S/C9H13ClN2O2S/c1-6-7(2)11-12(9(6)10)8-3-4-15(13,14)5-8/h8H,3-5H2,1-2H3. The minimum atomic E-state index is -2.88. The van der Waals surface area contributed by atoms with E-state index in [2.05, 4.69) is 5.10 Å². The van der Waals surface area contributed by atoms with Crippen molar-refractivity contribution in [1.82, 2.24) is 9.78 Å². The molecule has 6 heteroatoms. The lowest BCUT2D eigenvalue weighted by Crippen LogP contribution is -2.12. The number of nitrogens with zero attached hydrogens (tertiary/aromatic N) is 2. The van der Waals surface area contributed by atoms with Crippen molar-refractivity contribution < 1.29 is 8.42 Å². The van der Waals surface area contributed by atoms with Crippen molar-refractivity contribution in [2.24, 2.45) is 0 Å². The van der Waals surface area contributed by atoms with Gasteiger partial charge in [-0.05, 0) is 20.3 Å². The van der Waals surface area contributed by atoms with Gasteiger partial charge in [-0.3, -0.25) is 0 Å². The minimum Gasteiger partial charge on any atom is -0.249 e. The lowest BCUT2D eigenvalue weighted by molar-refractivity contribution is 0.497. The van der Waals surface area contributed by atoms with Gasteiger partial charge in [0.1, 0.15) is 5.15 Å². The van der Waals surface area contributed by atoms with Crippen molar-refractivity contribution in [3.8, 4) is 0 Å². The molecule has 0 spiro atoms. The molecule has 0 saturated carbocycles. The molecule has 1 fully saturated rings. The van der Waals surface area contributed by atoms with E-state index < -0.39 is 9.84 Å². The second kappa shape index (κ2) is 3.49. The first kappa shape index (κ1) is 11.0. The molecule has 0 amide bonds. The fourth-order valence-corrected chi connectivity index (χ4v) is 3.82. The van der Waals surface area contributed by atoms with Crippen molar-refractivity contribution in [3.63, 3.8) is 0 Å². The van der Waals surface area contributed by atoms with Gasteiger partial charge in [0.05, 0.1) is 23.2 Å². The van der Waals surface area contributed by atoms with Crippen LogP contribution >= 0.6 is 11.6 Å². The molecule has 84 valence electrons. The van der Waals surface area contributed by atoms with Crippen LogP contribution in [0.1, 0.15) is 23.7 Å². The van der Waals surface area contributed by atoms with Crippen LogP contribution in [0.2, 0.25) is 5.15 Å². The Kier molecular flexibility index (Phi) is 2.55. The number of aryl methyl sites for hydroxylation is 1. The van der Waals surface area contributed by atoms with E-state index in [1.165, 1.54) is 0 Å². The van der Waals surface area contributed by atoms with Crippen molar-refractivity contribution in [1.29, 1.82) is 0 Å². The molecule has 1 aromatic heterocycles. The van der Waals surface area contributed by atoms with Gasteiger partial charge < -0.3 is 0 Å². The Hall–Kier alpha value is -0.550. The second-order valence-corrected chi connectivity index (χ2v) is 6.59. The molecule has 4 nitrogen and oxygen atoms in total. The Morgan fingerprint density at radius 3 is 2.53 bits per heavy atom. The molecule has 2 heterocycles. The molecule has 0 aromatic carbocycles. The van der Waals surface area contributed by atoms with E-state index in [0.717, 1.165) is 11.3 Å². The zero-order chi connectivity index (χ0) is 11.2. The van der Waals surface area contributed by atoms with Crippen LogP contribution in [-0.4, -0.2) is 29.7 Å². The summed E-state index contributed by atoms with van der Waals surface area (Å²) in [6.07, 6.45) is 0.614. The summed E-state index contributed by atoms with van der Waals surface area (Å²) in [6.45, 7) is 3.77. The van der Waals surface area contributed by atoms with Crippen LogP contribution in [0.4, 0.5) is 0 Å². The molecule has 0 N–H and O–H groups in total. The lowest BCUT2D eigenvalue weighted by Gasteiger charge is -2.09. The first-order valence-electron chi connectivity index (χ1n) is 4.82. The monoisotopic (exact) mass is 248 g/mol. The number of sulfone groups is 1. The molecule has 0 aliphatic carbocycles. The Morgan fingerprint density at radius 1 is 1.47 bits per heavy atom. The van der Waals surface area contributed by atoms with E-state index in [0.29, 0.717) is 11.6 Å². The maximum atomic E-state index is 11.3. The van der Waals surface area contributed by atoms with E-state index in [1.54, 1.807) is 4.68 Å². The summed E-state index contributed by atoms with van der Waals surface area (Å²) < 4.78 is 24.3. The van der Waals surface area contributed by atoms with Gasteiger partial charge in [-0.1, -0.05) is 11.6 Å². The van der Waals surface area contributed by atoms with Gasteiger partial charge in [0.2, 0.25) is 0 Å². The molecular formula is C9H13ClN2O2S. The van der Waals surface area contributed by atoms with Gasteiger partial charge in [0.25, 0.3) is 0 Å². The zero-order valence-electron chi connectivity index (χ0n) is 8.70. The van der Waals surface area contributed by atoms with E-state index in [1.807, 2.05) is 13.8 Å². The fourth-order valence-electron chi connectivity index (χ4n) is 1.81. The van der Waals surface area contributed by atoms with Crippen molar-refractivity contribution in [2.75, 3.05) is 11.5 Å². The van der Waals surface area contributed by atoms with Crippen LogP contribution in [0.3, 0.4) is 0 Å². The van der Waals surface area contributed by atoms with E-state index in [-0.39, 0.29) is 17.5 Å². The van der Waals surface area contributed by atoms with E-state index in [9.17, 15) is 8.42 Å². The summed E-state index contributed by atoms with van der Waals surface area (Å²) in [6, 6.07) is -0.0881. The summed E-state index contributed by atoms with van der Waals surface area (Å²) in [4.78, 5) is 0. The molecule has 0 radical (unpaired) electrons. The quantitative estimate of drug-likeness (QED) is 0.757. The van der Waals surface area contributed by atoms with Gasteiger partial charge in [-0.15, -0.1) is 0 Å². The average Bonchev–Trinajstić information content (AvgIpc) is 2.62. The molecule has 1 aromatic rings. The van der Waals surface area contributed by atoms with Crippen molar-refractivity contribution in [3.05, 3.63) is 16.4 Å². The van der Waals surface area contributed by atoms with Crippen LogP contribution in [0, 0.1) is 13.8 Å². The molecule has 1 aliphatic heterocycles. The van der Waals surface area contributed by atoms with Gasteiger partial charge >= 0.3 is 0 Å². The predicted molar refractivity (Wildman–Crippen MR) is 59.0 cm³/mol. The Morgan fingerprint density at radius 2 is 2.13 bits per heavy atom. The molecule has 2 rings (SSSR count). The molecule has 1 atom stereocenters. The molecule has 15 heavy (non-hydrogen) atoms. The topological polar surface area (TPSA) is 52.0 Å². The molecule has 0 bridgehead atoms. The predicted octanol–water partition coefficient (Wildman–Crippen LogP) is 1.51. The first-order chi connectivity index (χ1) is 6.91. The van der Waals surface area contributed by atoms with Crippen molar-refractivity contribution in [2.45, 2.75) is 26.3 Å². The highest BCUT2D eigenvalue weighted by Gasteiger charge is 2.31. The SMILES string of the molecule is Cc1nn(C2CCS(=O)(=O)C2)c(Cl)c1C. The number of rotatable bonds is 1. The molecular weight excluding hydrogens is 236 g/mol. The number of halogens is 1. The number of hydrogen-bond donors (Lipinski definition) is 0. The summed E-state index contributed by atoms with van der Waals surface area (Å²) in [5.74, 6) is 0.402. The normalized spacial score (nSPS) is 24.6. The highest BCUT2D eigenvalue weighted by Crippen LogP contribution is 2.29. The van der Waals surface area contributed by atoms with Crippen LogP contribution < -0.4 is 0 Å². The van der Waals surface area contributed by atoms with Gasteiger partial charge in [-0.25, -0.2) is 13.1 Å². The van der Waals surface area contributed by atoms with Gasteiger partial charge in [0, 0.05) is 5.56 Å². The highest BCUT2D eigenvalue weighted by atomic mass is 35.5. The van der Waals surface area contributed by atoms with Gasteiger partial charge in [-0.2, -0.15) is 5.10 Å². The summed E-state index contributed by atoms with van der Waals surface area (Å²) in [5, 5.41) is 4.84. The maximum Gasteiger partial charge on any atom is 0.152 e. The van der Waals surface area contributed by atoms with Crippen LogP contribution in [0.5, 0.6) is 0 Å². The average molecular weight is 249 g/mol. The summed E-state index contributed by atoms with van der Waals surface area (Å²) in [5.41, 5.74) is 1.80. The third-order valence-corrected chi connectivity index (χ3v) is 5.07. The van der Waals surface area contributed by atoms with E-state index in [4.69, 9.17) is 11.6 Å². The third kappa shape index (κ3) is 1.90. The number of hydrogen-bond acceptors (Lipinski definition) is 3. The Balaban J connectivity index is 2.36. The Bertz CT molecular complexity index is 492. The number of aromatic nitrogens is 2. The Labute approximate surface area is 94.2 Å². The molecule has 1 saturated heterocycles. The minimum absolute atomic E-state index is 0.0881. The largest absolute Gasteiger partial charge is 0.249 e. The molecule has 1 unspecified atom stereocenters. The van der Waals surface area contributed by atoms with Gasteiger partial charge in [0.15, 0.2) is 9.84 Å². The van der Waals surface area contributed by atoms with Crippen LogP contribution in [0.15, 0.2) is 0 Å². The summed E-state index contributed by atoms with van der Waals surface area (Å²) >= 11 is 6.09. The lowest BCUT2D eigenvalue weighted by atomic mass is 10.2. The first-order valence-corrected chi connectivity index (χ1v) is 7.02. The van der Waals surface area contributed by atoms with Crippen LogP contribution in [-0.2, 0) is 9.84 Å². The van der Waals surface area contributed by atoms with Crippen LogP contribution in [0.25, 0.3) is 0 Å². The van der Waals surface area contributed by atoms with E-state index >= 15 is 0 Å². The maximum absolute atomic E-state index is 11.3. The fraction of sp³-hybridized carbons (Fsp3) is 0.667. The third-order valence-electron chi connectivity index (χ3n) is 2.87. The molecule has 1 aliphatic rings.